The fourth-order valence-corrected chi connectivity index (χ4v) is 4.61. The average Bonchev–Trinajstić information content (AvgIpc) is 3.12. The summed E-state index contributed by atoms with van der Waals surface area (Å²) >= 11 is 0. The Morgan fingerprint density at radius 1 is 0.840 bits per heavy atom. The van der Waals surface area contributed by atoms with Crippen molar-refractivity contribution >= 4 is 0 Å². The predicted molar refractivity (Wildman–Crippen MR) is 235 cm³/mol. The van der Waals surface area contributed by atoms with Crippen LogP contribution >= 0.6 is 0 Å². The highest BCUT2D eigenvalue weighted by atomic mass is 16.0. The summed E-state index contributed by atoms with van der Waals surface area (Å²) in [5.41, 5.74) is 18.0. The van der Waals surface area contributed by atoms with Crippen LogP contribution in [0.1, 0.15) is 159 Å². The van der Waals surface area contributed by atoms with Crippen LogP contribution in [0.2, 0.25) is 0 Å². The highest BCUT2D eigenvalue weighted by Crippen LogP contribution is 2.27. The van der Waals surface area contributed by atoms with Gasteiger partial charge in [-0.15, -0.1) is 13.2 Å². The molecule has 1 aromatic carbocycles. The van der Waals surface area contributed by atoms with Crippen LogP contribution in [0, 0.1) is 12.8 Å². The van der Waals surface area contributed by atoms with E-state index in [1.54, 1.807) is 11.1 Å². The van der Waals surface area contributed by atoms with Gasteiger partial charge in [-0.25, -0.2) is 0 Å². The topological polar surface area (TPSA) is 83.5 Å². The van der Waals surface area contributed by atoms with E-state index in [0.717, 1.165) is 43.5 Å². The van der Waals surface area contributed by atoms with Gasteiger partial charge in [0.2, 0.25) is 0 Å². The molecule has 290 valence electrons. The van der Waals surface area contributed by atoms with Crippen molar-refractivity contribution in [3.63, 3.8) is 0 Å². The van der Waals surface area contributed by atoms with E-state index in [9.17, 15) is 0 Å². The van der Waals surface area contributed by atoms with Gasteiger partial charge in [0.15, 0.2) is 0 Å². The lowest BCUT2D eigenvalue weighted by molar-refractivity contribution is 0.463. The van der Waals surface area contributed by atoms with Crippen LogP contribution in [0.5, 0.6) is 0 Å². The van der Waals surface area contributed by atoms with Crippen LogP contribution in [-0.4, -0.2) is 5.48 Å². The molecule has 0 unspecified atom stereocenters. The van der Waals surface area contributed by atoms with E-state index < -0.39 is 0 Å². The Morgan fingerprint density at radius 2 is 1.44 bits per heavy atom. The molecule has 0 fully saturated rings. The van der Waals surface area contributed by atoms with Gasteiger partial charge in [-0.05, 0) is 97.8 Å². The molecule has 0 spiro atoms. The number of aryl methyl sites for hydroxylation is 1. The van der Waals surface area contributed by atoms with Crippen molar-refractivity contribution in [2.45, 2.75) is 160 Å². The minimum Gasteiger partial charge on any atom is -0.412 e. The SMILES string of the molecule is C.C/C=C\C=C(/CC)CCC/C(=C/C)CCC.C=CC/C=C\C=C/CC.C=CCC[C@@H]1CCCC(N)=C1N.CC.CC.Cc1ccccc1.O. The summed E-state index contributed by atoms with van der Waals surface area (Å²) in [6.45, 7) is 28.3. The summed E-state index contributed by atoms with van der Waals surface area (Å²) in [7, 11) is 0. The van der Waals surface area contributed by atoms with Gasteiger partial charge in [-0.1, -0.05) is 170 Å². The molecule has 3 nitrogen and oxygen atoms in total. The number of benzene rings is 1. The second kappa shape index (κ2) is 50.1. The van der Waals surface area contributed by atoms with E-state index in [1.807, 2.05) is 64.1 Å². The third-order valence-electron chi connectivity index (χ3n) is 7.34. The van der Waals surface area contributed by atoms with E-state index in [-0.39, 0.29) is 12.9 Å². The zero-order valence-corrected chi connectivity index (χ0v) is 34.0. The molecule has 1 atom stereocenters. The van der Waals surface area contributed by atoms with Crippen molar-refractivity contribution in [3.05, 3.63) is 132 Å². The highest BCUT2D eigenvalue weighted by molar-refractivity contribution is 5.14. The molecule has 0 heterocycles. The van der Waals surface area contributed by atoms with Gasteiger partial charge >= 0.3 is 0 Å². The molecule has 2 rings (SSSR count). The maximum atomic E-state index is 5.88. The lowest BCUT2D eigenvalue weighted by Gasteiger charge is -2.23. The molecule has 1 aliphatic rings. The number of hydrogen-bond donors (Lipinski definition) is 2. The van der Waals surface area contributed by atoms with Gasteiger partial charge in [0.1, 0.15) is 0 Å². The number of rotatable bonds is 15. The highest BCUT2D eigenvalue weighted by Gasteiger charge is 2.18. The summed E-state index contributed by atoms with van der Waals surface area (Å²) in [6, 6.07) is 10.3. The summed E-state index contributed by atoms with van der Waals surface area (Å²) in [4.78, 5) is 0. The van der Waals surface area contributed by atoms with Gasteiger partial charge in [-0.3, -0.25) is 0 Å². The standard InChI is InChI=1S/C16H28.C10H18N2.C9H14.C7H8.2C2H6.CH4.H2O/c1-5-9-12-16(8-4)14-10-13-15(7-3)11-6-2;1-2-3-5-8-6-4-7-9(11)10(8)12;1-3-5-7-9-8-6-4-2;1-7-5-3-2-4-6-7;2*1-2;;/h5,7,9,12H,6,8,10-11,13-14H2,1-4H3;2,8H,1,3-7,11-12H2;3,6-9H,1,4-5H2,2H3;2-6H,1H3;2*1-2H3;1H4;1H2/b9-5-,15-7+,16-12+;;8-6-,9-7-;;;;;/t;8-;;;;;;/m.1....../s1. The first-order chi connectivity index (χ1) is 23.3. The van der Waals surface area contributed by atoms with Crippen LogP contribution in [0.15, 0.2) is 127 Å². The molecule has 0 bridgehead atoms. The summed E-state index contributed by atoms with van der Waals surface area (Å²) in [5.74, 6) is 0.511. The molecule has 0 saturated carbocycles. The maximum absolute atomic E-state index is 5.88. The van der Waals surface area contributed by atoms with Crippen molar-refractivity contribution in [2.75, 3.05) is 0 Å². The Hall–Kier alpha value is -3.30. The fraction of sp³-hybridized carbons (Fsp3) is 0.532. The Labute approximate surface area is 314 Å². The monoisotopic (exact) mass is 695 g/mol. The fourth-order valence-electron chi connectivity index (χ4n) is 4.61. The summed E-state index contributed by atoms with van der Waals surface area (Å²) in [5, 5.41) is 0. The molecule has 1 aliphatic carbocycles. The molecule has 50 heavy (non-hydrogen) atoms. The van der Waals surface area contributed by atoms with Gasteiger partial charge in [0.05, 0.1) is 0 Å². The molecule has 0 saturated heterocycles. The molecular weight excluding hydrogens is 609 g/mol. The first-order valence-electron chi connectivity index (χ1n) is 19.1. The largest absolute Gasteiger partial charge is 0.412 e. The number of hydrogen-bond acceptors (Lipinski definition) is 2. The Balaban J connectivity index is -0.000000127. The quantitative estimate of drug-likeness (QED) is 0.141. The van der Waals surface area contributed by atoms with Gasteiger partial charge in [-0.2, -0.15) is 0 Å². The molecular formula is C47H86N2O. The first kappa shape index (κ1) is 58.9. The van der Waals surface area contributed by atoms with Crippen LogP contribution in [0.25, 0.3) is 0 Å². The Kier molecular flexibility index (Phi) is 59.0. The zero-order valence-electron chi connectivity index (χ0n) is 34.0. The van der Waals surface area contributed by atoms with Gasteiger partial charge in [0.25, 0.3) is 0 Å². The minimum atomic E-state index is 0. The lowest BCUT2D eigenvalue weighted by Crippen LogP contribution is -2.22. The van der Waals surface area contributed by atoms with E-state index in [4.69, 9.17) is 11.5 Å². The molecule has 1 aromatic rings. The van der Waals surface area contributed by atoms with Crippen LogP contribution < -0.4 is 11.5 Å². The van der Waals surface area contributed by atoms with Crippen molar-refractivity contribution in [3.8, 4) is 0 Å². The van der Waals surface area contributed by atoms with E-state index in [2.05, 4.69) is 109 Å². The first-order valence-corrected chi connectivity index (χ1v) is 19.1. The molecule has 0 radical (unpaired) electrons. The molecule has 0 aliphatic heterocycles. The normalized spacial score (nSPS) is 13.7. The second-order valence-corrected chi connectivity index (χ2v) is 11.1. The zero-order chi connectivity index (χ0) is 37.3. The van der Waals surface area contributed by atoms with E-state index in [0.29, 0.717) is 5.92 Å². The van der Waals surface area contributed by atoms with Crippen LogP contribution in [0.3, 0.4) is 0 Å². The van der Waals surface area contributed by atoms with E-state index in [1.165, 1.54) is 56.9 Å². The number of nitrogens with two attached hydrogens (primary N) is 2. The Bertz CT molecular complexity index is 1010. The lowest BCUT2D eigenvalue weighted by atomic mass is 9.87. The third-order valence-corrected chi connectivity index (χ3v) is 7.34. The minimum absolute atomic E-state index is 0. The smallest absolute Gasteiger partial charge is 0.0303 e. The van der Waals surface area contributed by atoms with Crippen molar-refractivity contribution in [1.82, 2.24) is 0 Å². The summed E-state index contributed by atoms with van der Waals surface area (Å²) in [6.07, 6.45) is 36.1. The van der Waals surface area contributed by atoms with Crippen LogP contribution in [-0.2, 0) is 0 Å². The Morgan fingerprint density at radius 3 is 1.90 bits per heavy atom. The molecule has 0 amide bonds. The second-order valence-electron chi connectivity index (χ2n) is 11.1. The molecule has 0 aromatic heterocycles. The summed E-state index contributed by atoms with van der Waals surface area (Å²) < 4.78 is 0. The van der Waals surface area contributed by atoms with Crippen molar-refractivity contribution in [1.29, 1.82) is 0 Å². The van der Waals surface area contributed by atoms with Crippen LogP contribution in [0.4, 0.5) is 0 Å². The maximum Gasteiger partial charge on any atom is 0.0303 e. The molecule has 6 N–H and O–H groups in total. The van der Waals surface area contributed by atoms with Crippen molar-refractivity contribution < 1.29 is 5.48 Å². The third kappa shape index (κ3) is 40.9. The number of allylic oxidation sites excluding steroid dienone is 14. The molecule has 3 heteroatoms. The van der Waals surface area contributed by atoms with Gasteiger partial charge < -0.3 is 16.9 Å². The predicted octanol–water partition coefficient (Wildman–Crippen LogP) is 14.6. The van der Waals surface area contributed by atoms with Gasteiger partial charge in [0, 0.05) is 17.3 Å². The van der Waals surface area contributed by atoms with Crippen molar-refractivity contribution in [2.24, 2.45) is 17.4 Å². The average molecular weight is 695 g/mol. The van der Waals surface area contributed by atoms with E-state index >= 15 is 0 Å².